The number of amides is 1. The summed E-state index contributed by atoms with van der Waals surface area (Å²) in [5, 5.41) is 0. The number of Topliss-reactive ketones (excluding diaryl/α,β-unsaturated/α-hetero) is 1. The molecule has 1 aromatic rings. The van der Waals surface area contributed by atoms with Crippen LogP contribution in [0.15, 0.2) is 30.3 Å². The highest BCUT2D eigenvalue weighted by molar-refractivity contribution is 5.85. The van der Waals surface area contributed by atoms with E-state index in [0.717, 1.165) is 4.90 Å². The number of halogens is 2. The number of carbonyl (C=O) groups is 2. The van der Waals surface area contributed by atoms with Gasteiger partial charge in [-0.15, -0.1) is 0 Å². The number of benzene rings is 1. The van der Waals surface area contributed by atoms with Gasteiger partial charge >= 0.3 is 5.92 Å². The lowest BCUT2D eigenvalue weighted by molar-refractivity contribution is -0.159. The molecule has 0 radical (unpaired) electrons. The summed E-state index contributed by atoms with van der Waals surface area (Å²) >= 11 is 0. The SMILES string of the molecule is CCC(=O)CCN(CC)C(=O)C(F)(F)c1ccccc1. The first-order valence-electron chi connectivity index (χ1n) is 6.67. The highest BCUT2D eigenvalue weighted by Crippen LogP contribution is 2.30. The standard InChI is InChI=1S/C15H19F2NO2/c1-3-13(19)10-11-18(4-2)14(20)15(16,17)12-8-6-5-7-9-12/h5-9H,3-4,10-11H2,1-2H3. The van der Waals surface area contributed by atoms with Crippen LogP contribution in [0.3, 0.4) is 0 Å². The lowest BCUT2D eigenvalue weighted by Gasteiger charge is -2.26. The Labute approximate surface area is 117 Å². The van der Waals surface area contributed by atoms with Crippen LogP contribution in [0.5, 0.6) is 0 Å². The van der Waals surface area contributed by atoms with Crippen molar-refractivity contribution in [1.82, 2.24) is 4.90 Å². The average Bonchev–Trinajstić information content (AvgIpc) is 2.48. The van der Waals surface area contributed by atoms with Crippen molar-refractivity contribution >= 4 is 11.7 Å². The van der Waals surface area contributed by atoms with E-state index in [1.165, 1.54) is 24.3 Å². The maximum Gasteiger partial charge on any atom is 0.349 e. The molecular formula is C15H19F2NO2. The summed E-state index contributed by atoms with van der Waals surface area (Å²) in [6.07, 6.45) is 0.460. The predicted octanol–water partition coefficient (Wildman–Crippen LogP) is 3.00. The number of hydrogen-bond donors (Lipinski definition) is 0. The van der Waals surface area contributed by atoms with Gasteiger partial charge in [-0.2, -0.15) is 8.78 Å². The first-order chi connectivity index (χ1) is 9.43. The van der Waals surface area contributed by atoms with E-state index in [9.17, 15) is 18.4 Å². The third kappa shape index (κ3) is 3.85. The summed E-state index contributed by atoms with van der Waals surface area (Å²) in [7, 11) is 0. The third-order valence-corrected chi connectivity index (χ3v) is 3.13. The first kappa shape index (κ1) is 16.3. The van der Waals surface area contributed by atoms with Crippen molar-refractivity contribution in [2.45, 2.75) is 32.6 Å². The Hall–Kier alpha value is -1.78. The van der Waals surface area contributed by atoms with Gasteiger partial charge in [-0.1, -0.05) is 37.3 Å². The number of hydrogen-bond acceptors (Lipinski definition) is 2. The van der Waals surface area contributed by atoms with E-state index >= 15 is 0 Å². The maximum atomic E-state index is 14.1. The molecule has 0 saturated heterocycles. The fourth-order valence-electron chi connectivity index (χ4n) is 1.81. The fourth-order valence-corrected chi connectivity index (χ4v) is 1.81. The molecule has 0 aromatic heterocycles. The van der Waals surface area contributed by atoms with Gasteiger partial charge in [-0.05, 0) is 6.92 Å². The van der Waals surface area contributed by atoms with Crippen LogP contribution in [0.2, 0.25) is 0 Å². The van der Waals surface area contributed by atoms with Gasteiger partial charge in [-0.3, -0.25) is 9.59 Å². The number of carbonyl (C=O) groups excluding carboxylic acids is 2. The molecule has 0 aliphatic heterocycles. The minimum Gasteiger partial charge on any atom is -0.337 e. The van der Waals surface area contributed by atoms with Crippen LogP contribution in [0.4, 0.5) is 8.78 Å². The van der Waals surface area contributed by atoms with Gasteiger partial charge in [0.15, 0.2) is 0 Å². The molecule has 3 nitrogen and oxygen atoms in total. The molecule has 0 unspecified atom stereocenters. The van der Waals surface area contributed by atoms with Crippen LogP contribution in [0, 0.1) is 0 Å². The van der Waals surface area contributed by atoms with Crippen molar-refractivity contribution in [3.8, 4) is 0 Å². The summed E-state index contributed by atoms with van der Waals surface area (Å²) < 4.78 is 28.2. The number of likely N-dealkylation sites (N-methyl/N-ethyl adjacent to an activating group) is 1. The van der Waals surface area contributed by atoms with Gasteiger partial charge in [0.2, 0.25) is 0 Å². The van der Waals surface area contributed by atoms with Crippen LogP contribution < -0.4 is 0 Å². The monoisotopic (exact) mass is 283 g/mol. The van der Waals surface area contributed by atoms with Crippen molar-refractivity contribution in [2.75, 3.05) is 13.1 Å². The Morgan fingerprint density at radius 1 is 1.15 bits per heavy atom. The summed E-state index contributed by atoms with van der Waals surface area (Å²) in [4.78, 5) is 24.2. The Balaban J connectivity index is 2.82. The molecule has 0 saturated carbocycles. The van der Waals surface area contributed by atoms with Gasteiger partial charge in [0.1, 0.15) is 5.78 Å². The quantitative estimate of drug-likeness (QED) is 0.771. The molecule has 0 bridgehead atoms. The second-order valence-electron chi connectivity index (χ2n) is 4.47. The zero-order chi connectivity index (χ0) is 15.2. The molecule has 1 amide bonds. The predicted molar refractivity (Wildman–Crippen MR) is 72.5 cm³/mol. The van der Waals surface area contributed by atoms with Crippen LogP contribution in [0.1, 0.15) is 32.3 Å². The van der Waals surface area contributed by atoms with Crippen LogP contribution in [0.25, 0.3) is 0 Å². The molecule has 1 aromatic carbocycles. The lowest BCUT2D eigenvalue weighted by Crippen LogP contribution is -2.42. The van der Waals surface area contributed by atoms with Gasteiger partial charge in [0, 0.05) is 31.5 Å². The van der Waals surface area contributed by atoms with Gasteiger partial charge in [-0.25, -0.2) is 0 Å². The third-order valence-electron chi connectivity index (χ3n) is 3.13. The first-order valence-corrected chi connectivity index (χ1v) is 6.67. The molecule has 0 spiro atoms. The number of nitrogens with zero attached hydrogens (tertiary/aromatic N) is 1. The van der Waals surface area contributed by atoms with Crippen LogP contribution in [-0.2, 0) is 15.5 Å². The Morgan fingerprint density at radius 3 is 2.25 bits per heavy atom. The Kier molecular flexibility index (Phi) is 5.80. The summed E-state index contributed by atoms with van der Waals surface area (Å²) in [5.74, 6) is -4.86. The molecular weight excluding hydrogens is 264 g/mol. The molecule has 0 heterocycles. The minimum absolute atomic E-state index is 0.0322. The Bertz CT molecular complexity index is 460. The van der Waals surface area contributed by atoms with E-state index in [1.807, 2.05) is 0 Å². The van der Waals surface area contributed by atoms with Crippen molar-refractivity contribution in [2.24, 2.45) is 0 Å². The smallest absolute Gasteiger partial charge is 0.337 e. The second kappa shape index (κ2) is 7.12. The highest BCUT2D eigenvalue weighted by atomic mass is 19.3. The summed E-state index contributed by atoms with van der Waals surface area (Å²) in [5.41, 5.74) is -0.328. The largest absolute Gasteiger partial charge is 0.349 e. The number of alkyl halides is 2. The van der Waals surface area contributed by atoms with E-state index in [2.05, 4.69) is 0 Å². The molecule has 0 aliphatic carbocycles. The average molecular weight is 283 g/mol. The maximum absolute atomic E-state index is 14.1. The molecule has 5 heteroatoms. The Morgan fingerprint density at radius 2 is 1.75 bits per heavy atom. The number of ketones is 1. The van der Waals surface area contributed by atoms with E-state index in [1.54, 1.807) is 19.9 Å². The number of rotatable bonds is 7. The van der Waals surface area contributed by atoms with Crippen molar-refractivity contribution in [3.63, 3.8) is 0 Å². The minimum atomic E-state index is -3.56. The van der Waals surface area contributed by atoms with E-state index < -0.39 is 11.8 Å². The fraction of sp³-hybridized carbons (Fsp3) is 0.467. The summed E-state index contributed by atoms with van der Waals surface area (Å²) in [6.45, 7) is 3.51. The molecule has 20 heavy (non-hydrogen) atoms. The normalized spacial score (nSPS) is 11.2. The van der Waals surface area contributed by atoms with Crippen LogP contribution in [-0.4, -0.2) is 29.7 Å². The van der Waals surface area contributed by atoms with Crippen molar-refractivity contribution in [3.05, 3.63) is 35.9 Å². The van der Waals surface area contributed by atoms with E-state index in [0.29, 0.717) is 6.42 Å². The molecule has 0 N–H and O–H groups in total. The molecule has 0 fully saturated rings. The van der Waals surface area contributed by atoms with Crippen molar-refractivity contribution in [1.29, 1.82) is 0 Å². The molecule has 110 valence electrons. The molecule has 1 rings (SSSR count). The molecule has 0 aliphatic rings. The van der Waals surface area contributed by atoms with Crippen molar-refractivity contribution < 1.29 is 18.4 Å². The van der Waals surface area contributed by atoms with E-state index in [4.69, 9.17) is 0 Å². The zero-order valence-corrected chi connectivity index (χ0v) is 11.7. The zero-order valence-electron chi connectivity index (χ0n) is 11.7. The van der Waals surface area contributed by atoms with Gasteiger partial charge in [0.05, 0.1) is 0 Å². The molecule has 0 atom stereocenters. The van der Waals surface area contributed by atoms with Crippen LogP contribution >= 0.6 is 0 Å². The topological polar surface area (TPSA) is 37.4 Å². The lowest BCUT2D eigenvalue weighted by atomic mass is 10.1. The van der Waals surface area contributed by atoms with Gasteiger partial charge < -0.3 is 4.90 Å². The highest BCUT2D eigenvalue weighted by Gasteiger charge is 2.43. The van der Waals surface area contributed by atoms with Gasteiger partial charge in [0.25, 0.3) is 5.91 Å². The second-order valence-corrected chi connectivity index (χ2v) is 4.47. The summed E-state index contributed by atoms with van der Waals surface area (Å²) in [6, 6.07) is 6.99. The van der Waals surface area contributed by atoms with E-state index in [-0.39, 0.29) is 30.9 Å².